The highest BCUT2D eigenvalue weighted by Crippen LogP contribution is 2.30. The quantitative estimate of drug-likeness (QED) is 0.825. The van der Waals surface area contributed by atoms with Crippen LogP contribution in [0.25, 0.3) is 0 Å². The molecular weight excluding hydrogens is 335 g/mol. The van der Waals surface area contributed by atoms with Crippen LogP contribution in [0.3, 0.4) is 0 Å². The summed E-state index contributed by atoms with van der Waals surface area (Å²) in [5.41, 5.74) is -1.06. The molecule has 0 saturated carbocycles. The maximum atomic E-state index is 12.7. The zero-order valence-electron chi connectivity index (χ0n) is 11.5. The van der Waals surface area contributed by atoms with E-state index in [0.29, 0.717) is 6.29 Å². The molecule has 122 valence electrons. The maximum Gasteiger partial charge on any atom is 0.416 e. The van der Waals surface area contributed by atoms with E-state index in [1.807, 2.05) is 0 Å². The Kier molecular flexibility index (Phi) is 4.79. The first kappa shape index (κ1) is 17.1. The first-order valence-corrected chi connectivity index (χ1v) is 6.84. The molecule has 1 aromatic rings. The monoisotopic (exact) mass is 345 g/mol. The molecule has 2 N–H and O–H groups in total. The molecule has 0 saturated heterocycles. The molecule has 8 heteroatoms. The molecule has 1 aliphatic rings. The highest BCUT2D eigenvalue weighted by Gasteiger charge is 2.33. The second kappa shape index (κ2) is 6.45. The topological polar surface area (TPSA) is 66.4 Å². The number of nitrogens with one attached hydrogen (secondary N) is 1. The highest BCUT2D eigenvalue weighted by atomic mass is 35.5. The molecule has 1 unspecified atom stereocenters. The highest BCUT2D eigenvalue weighted by molar-refractivity contribution is 6.32. The lowest BCUT2D eigenvalue weighted by molar-refractivity contribution is -0.0887. The summed E-state index contributed by atoms with van der Waals surface area (Å²) in [6, 6.07) is 1.40. The van der Waals surface area contributed by atoms with Crippen LogP contribution in [0.1, 0.15) is 27.1 Å². The average Bonchev–Trinajstić information content (AvgIpc) is 2.49. The van der Waals surface area contributed by atoms with E-state index in [4.69, 9.17) is 11.6 Å². The Labute approximate surface area is 134 Å². The number of halogens is 4. The van der Waals surface area contributed by atoms with Gasteiger partial charge in [-0.15, -0.1) is 0 Å². The fourth-order valence-corrected chi connectivity index (χ4v) is 2.29. The van der Waals surface area contributed by atoms with Gasteiger partial charge in [0.05, 0.1) is 22.2 Å². The molecule has 0 heterocycles. The minimum Gasteiger partial charge on any atom is -0.506 e. The standard InChI is InChI=1S/C15H11ClF3NO3/c16-12-5-8(4-9(7-21)13(12)22)14(23)20-11-3-1-2-10(6-11)15(17,18)19/h1-2,4-7,11,22H,3H2,(H,20,23). The van der Waals surface area contributed by atoms with Crippen LogP contribution < -0.4 is 5.32 Å². The van der Waals surface area contributed by atoms with Crippen LogP contribution in [-0.2, 0) is 0 Å². The molecule has 0 fully saturated rings. The number of allylic oxidation sites excluding steroid dienone is 2. The normalized spacial score (nSPS) is 17.6. The van der Waals surface area contributed by atoms with Crippen molar-refractivity contribution in [3.05, 3.63) is 52.1 Å². The molecule has 2 rings (SSSR count). The second-order valence-corrected chi connectivity index (χ2v) is 5.26. The number of phenolic OH excluding ortho intramolecular Hbond substituents is 1. The van der Waals surface area contributed by atoms with Crippen molar-refractivity contribution < 1.29 is 27.9 Å². The zero-order chi connectivity index (χ0) is 17.2. The number of hydrogen-bond acceptors (Lipinski definition) is 3. The Morgan fingerprint density at radius 2 is 2.09 bits per heavy atom. The predicted octanol–water partition coefficient (Wildman–Crippen LogP) is 3.41. The number of rotatable bonds is 3. The number of benzene rings is 1. The molecule has 1 amide bonds. The van der Waals surface area contributed by atoms with E-state index in [9.17, 15) is 27.9 Å². The van der Waals surface area contributed by atoms with Crippen LogP contribution in [-0.4, -0.2) is 29.5 Å². The van der Waals surface area contributed by atoms with Gasteiger partial charge in [0.15, 0.2) is 6.29 Å². The van der Waals surface area contributed by atoms with Gasteiger partial charge in [0, 0.05) is 5.56 Å². The lowest BCUT2D eigenvalue weighted by Gasteiger charge is -2.20. The maximum absolute atomic E-state index is 12.7. The fourth-order valence-electron chi connectivity index (χ4n) is 2.06. The van der Waals surface area contributed by atoms with Crippen LogP contribution in [0, 0.1) is 0 Å². The molecule has 0 aromatic heterocycles. The first-order chi connectivity index (χ1) is 10.7. The lowest BCUT2D eigenvalue weighted by atomic mass is 10.0. The van der Waals surface area contributed by atoms with Crippen LogP contribution in [0.15, 0.2) is 35.9 Å². The summed E-state index contributed by atoms with van der Waals surface area (Å²) in [7, 11) is 0. The molecule has 0 bridgehead atoms. The number of carbonyl (C=O) groups excluding carboxylic acids is 2. The van der Waals surface area contributed by atoms with Crippen molar-refractivity contribution in [1.29, 1.82) is 0 Å². The van der Waals surface area contributed by atoms with Crippen molar-refractivity contribution in [2.24, 2.45) is 0 Å². The molecule has 0 spiro atoms. The lowest BCUT2D eigenvalue weighted by Crippen LogP contribution is -2.35. The third kappa shape index (κ3) is 3.92. The largest absolute Gasteiger partial charge is 0.506 e. The van der Waals surface area contributed by atoms with Gasteiger partial charge in [-0.1, -0.05) is 23.8 Å². The van der Waals surface area contributed by atoms with Gasteiger partial charge >= 0.3 is 6.18 Å². The molecule has 0 aliphatic heterocycles. The van der Waals surface area contributed by atoms with Crippen LogP contribution in [0.2, 0.25) is 5.02 Å². The molecular formula is C15H11ClF3NO3. The number of aromatic hydroxyl groups is 1. The van der Waals surface area contributed by atoms with Gasteiger partial charge < -0.3 is 10.4 Å². The van der Waals surface area contributed by atoms with Crippen molar-refractivity contribution in [3.63, 3.8) is 0 Å². The predicted molar refractivity (Wildman–Crippen MR) is 77.7 cm³/mol. The third-order valence-electron chi connectivity index (χ3n) is 3.19. The Morgan fingerprint density at radius 1 is 1.39 bits per heavy atom. The number of hydrogen-bond donors (Lipinski definition) is 2. The minimum absolute atomic E-state index is 0.0357. The number of phenols is 1. The molecule has 0 radical (unpaired) electrons. The van der Waals surface area contributed by atoms with Crippen LogP contribution in [0.5, 0.6) is 5.75 Å². The number of amides is 1. The van der Waals surface area contributed by atoms with Crippen molar-refractivity contribution >= 4 is 23.8 Å². The van der Waals surface area contributed by atoms with Crippen LogP contribution >= 0.6 is 11.6 Å². The van der Waals surface area contributed by atoms with Crippen molar-refractivity contribution in [3.8, 4) is 5.75 Å². The summed E-state index contributed by atoms with van der Waals surface area (Å²) in [5.74, 6) is -1.16. The van der Waals surface area contributed by atoms with E-state index in [1.165, 1.54) is 6.08 Å². The van der Waals surface area contributed by atoms with E-state index in [2.05, 4.69) is 5.32 Å². The summed E-state index contributed by atoms with van der Waals surface area (Å²) in [6.07, 6.45) is -0.785. The fraction of sp³-hybridized carbons (Fsp3) is 0.200. The summed E-state index contributed by atoms with van der Waals surface area (Å²) in [6.45, 7) is 0. The number of carbonyl (C=O) groups is 2. The van der Waals surface area contributed by atoms with E-state index in [0.717, 1.165) is 24.3 Å². The van der Waals surface area contributed by atoms with Crippen molar-refractivity contribution in [2.75, 3.05) is 0 Å². The van der Waals surface area contributed by atoms with Gasteiger partial charge in [0.2, 0.25) is 0 Å². The average molecular weight is 346 g/mol. The van der Waals surface area contributed by atoms with Gasteiger partial charge in [0.1, 0.15) is 5.75 Å². The van der Waals surface area contributed by atoms with Gasteiger partial charge in [0.25, 0.3) is 5.91 Å². The number of alkyl halides is 3. The zero-order valence-corrected chi connectivity index (χ0v) is 12.3. The third-order valence-corrected chi connectivity index (χ3v) is 3.48. The van der Waals surface area contributed by atoms with Gasteiger partial charge in [-0.25, -0.2) is 0 Å². The molecule has 4 nitrogen and oxygen atoms in total. The molecule has 23 heavy (non-hydrogen) atoms. The molecule has 1 aliphatic carbocycles. The number of aldehydes is 1. The first-order valence-electron chi connectivity index (χ1n) is 6.46. The van der Waals surface area contributed by atoms with Crippen molar-refractivity contribution in [1.82, 2.24) is 5.32 Å². The van der Waals surface area contributed by atoms with E-state index >= 15 is 0 Å². The summed E-state index contributed by atoms with van der Waals surface area (Å²) in [5, 5.41) is 11.7. The molecule has 1 aromatic carbocycles. The summed E-state index contributed by atoms with van der Waals surface area (Å²) >= 11 is 5.71. The Bertz CT molecular complexity index is 711. The smallest absolute Gasteiger partial charge is 0.416 e. The van der Waals surface area contributed by atoms with Crippen molar-refractivity contribution in [2.45, 2.75) is 18.6 Å². The minimum atomic E-state index is -4.49. The summed E-state index contributed by atoms with van der Waals surface area (Å²) < 4.78 is 38.0. The Hall–Kier alpha value is -2.28. The Balaban J connectivity index is 2.20. The van der Waals surface area contributed by atoms with Gasteiger partial charge in [-0.05, 0) is 24.6 Å². The molecule has 1 atom stereocenters. The SMILES string of the molecule is O=Cc1cc(C(=O)NC2C=C(C(F)(F)F)C=CC2)cc(Cl)c1O. The Morgan fingerprint density at radius 3 is 2.70 bits per heavy atom. The van der Waals surface area contributed by atoms with E-state index in [-0.39, 0.29) is 22.6 Å². The van der Waals surface area contributed by atoms with E-state index < -0.39 is 29.4 Å². The van der Waals surface area contributed by atoms with E-state index in [1.54, 1.807) is 0 Å². The van der Waals surface area contributed by atoms with Crippen LogP contribution in [0.4, 0.5) is 13.2 Å². The second-order valence-electron chi connectivity index (χ2n) is 4.85. The van der Waals surface area contributed by atoms with Gasteiger partial charge in [-0.2, -0.15) is 13.2 Å². The van der Waals surface area contributed by atoms with Gasteiger partial charge in [-0.3, -0.25) is 9.59 Å². The summed E-state index contributed by atoms with van der Waals surface area (Å²) in [4.78, 5) is 22.9.